The van der Waals surface area contributed by atoms with Crippen LogP contribution in [-0.2, 0) is 0 Å². The number of rotatable bonds is 5. The van der Waals surface area contributed by atoms with Crippen LogP contribution in [0.4, 0.5) is 0 Å². The maximum absolute atomic E-state index is 2.40. The number of hydrogen-bond acceptors (Lipinski definition) is 0. The molecule has 0 saturated heterocycles. The van der Waals surface area contributed by atoms with Crippen molar-refractivity contribution in [3.63, 3.8) is 0 Å². The predicted molar refractivity (Wildman–Crippen MR) is 95.7 cm³/mol. The maximum Gasteiger partial charge on any atom is 0.0986 e. The first-order valence-electron chi connectivity index (χ1n) is 8.82. The fraction of sp³-hybridized carbons (Fsp3) is 0.500. The molecule has 0 radical (unpaired) electrons. The van der Waals surface area contributed by atoms with Crippen LogP contribution in [0.5, 0.6) is 0 Å². The number of benzene rings is 1. The summed E-state index contributed by atoms with van der Waals surface area (Å²) < 4.78 is 0. The summed E-state index contributed by atoms with van der Waals surface area (Å²) >= 11 is 0. The molecule has 0 amide bonds. The summed E-state index contributed by atoms with van der Waals surface area (Å²) in [4.78, 5) is 0. The SMILES string of the molecule is CCC1=C([SiH](CC2CCCCC2)c2ccccc2)CC=C1. The van der Waals surface area contributed by atoms with Crippen LogP contribution < -0.4 is 5.19 Å². The molecule has 0 nitrogen and oxygen atoms in total. The highest BCUT2D eigenvalue weighted by atomic mass is 28.3. The van der Waals surface area contributed by atoms with Crippen LogP contribution in [-0.4, -0.2) is 8.80 Å². The molecule has 0 heterocycles. The van der Waals surface area contributed by atoms with Crippen molar-refractivity contribution in [2.75, 3.05) is 0 Å². The molecular weight excluding hydrogens is 268 g/mol. The minimum atomic E-state index is -0.976. The van der Waals surface area contributed by atoms with E-state index in [1.54, 1.807) is 10.8 Å². The Morgan fingerprint density at radius 1 is 1.05 bits per heavy atom. The molecule has 0 aliphatic heterocycles. The minimum absolute atomic E-state index is 0.976. The van der Waals surface area contributed by atoms with Gasteiger partial charge in [0.15, 0.2) is 0 Å². The maximum atomic E-state index is 2.40. The van der Waals surface area contributed by atoms with E-state index in [0.717, 1.165) is 5.92 Å². The van der Waals surface area contributed by atoms with Crippen molar-refractivity contribution in [3.8, 4) is 0 Å². The summed E-state index contributed by atoms with van der Waals surface area (Å²) in [6.45, 7) is 2.32. The molecule has 1 unspecified atom stereocenters. The summed E-state index contributed by atoms with van der Waals surface area (Å²) in [5.41, 5.74) is 1.66. The Balaban J connectivity index is 1.84. The molecule has 0 bridgehead atoms. The van der Waals surface area contributed by atoms with E-state index < -0.39 is 8.80 Å². The molecule has 0 aromatic heterocycles. The van der Waals surface area contributed by atoms with Crippen LogP contribution in [0.25, 0.3) is 0 Å². The second-order valence-corrected chi connectivity index (χ2v) is 9.65. The van der Waals surface area contributed by atoms with Crippen molar-refractivity contribution in [1.29, 1.82) is 0 Å². The van der Waals surface area contributed by atoms with E-state index in [2.05, 4.69) is 49.4 Å². The Bertz CT molecular complexity index is 506. The van der Waals surface area contributed by atoms with Crippen molar-refractivity contribution in [1.82, 2.24) is 0 Å². The monoisotopic (exact) mass is 296 g/mol. The van der Waals surface area contributed by atoms with Crippen molar-refractivity contribution in [2.24, 2.45) is 5.92 Å². The van der Waals surface area contributed by atoms with Crippen LogP contribution in [0.1, 0.15) is 51.9 Å². The van der Waals surface area contributed by atoms with Crippen LogP contribution in [0, 0.1) is 5.92 Å². The Labute approximate surface area is 131 Å². The average molecular weight is 297 g/mol. The first-order valence-corrected chi connectivity index (χ1v) is 10.8. The van der Waals surface area contributed by atoms with Gasteiger partial charge in [0.1, 0.15) is 0 Å². The summed E-state index contributed by atoms with van der Waals surface area (Å²) in [5, 5.41) is 3.52. The van der Waals surface area contributed by atoms with E-state index >= 15 is 0 Å². The number of hydrogen-bond donors (Lipinski definition) is 0. The van der Waals surface area contributed by atoms with Crippen LogP contribution >= 0.6 is 0 Å². The van der Waals surface area contributed by atoms with E-state index in [9.17, 15) is 0 Å². The normalized spacial score (nSPS) is 21.0. The zero-order chi connectivity index (χ0) is 14.5. The molecule has 0 N–H and O–H groups in total. The average Bonchev–Trinajstić information content (AvgIpc) is 3.03. The van der Waals surface area contributed by atoms with Gasteiger partial charge in [0.25, 0.3) is 0 Å². The molecule has 3 rings (SSSR count). The summed E-state index contributed by atoms with van der Waals surface area (Å²) in [5.74, 6) is 1.00. The molecule has 2 aliphatic rings. The van der Waals surface area contributed by atoms with Crippen molar-refractivity contribution in [3.05, 3.63) is 53.3 Å². The summed E-state index contributed by atoms with van der Waals surface area (Å²) in [7, 11) is -0.976. The van der Waals surface area contributed by atoms with E-state index in [0.29, 0.717) is 0 Å². The third kappa shape index (κ3) is 3.57. The largest absolute Gasteiger partial charge is 0.0986 e. The van der Waals surface area contributed by atoms with E-state index in [4.69, 9.17) is 0 Å². The minimum Gasteiger partial charge on any atom is -0.0806 e. The van der Waals surface area contributed by atoms with E-state index in [1.807, 2.05) is 5.20 Å². The van der Waals surface area contributed by atoms with Gasteiger partial charge in [-0.15, -0.1) is 0 Å². The smallest absolute Gasteiger partial charge is 0.0806 e. The second kappa shape index (κ2) is 7.26. The highest BCUT2D eigenvalue weighted by molar-refractivity contribution is 6.80. The Morgan fingerprint density at radius 2 is 1.81 bits per heavy atom. The van der Waals surface area contributed by atoms with Gasteiger partial charge in [-0.3, -0.25) is 0 Å². The zero-order valence-corrected chi connectivity index (χ0v) is 14.5. The highest BCUT2D eigenvalue weighted by Crippen LogP contribution is 2.32. The van der Waals surface area contributed by atoms with E-state index in [-0.39, 0.29) is 0 Å². The van der Waals surface area contributed by atoms with Crippen LogP contribution in [0.15, 0.2) is 53.3 Å². The Morgan fingerprint density at radius 3 is 2.52 bits per heavy atom. The molecule has 1 aromatic rings. The van der Waals surface area contributed by atoms with Crippen LogP contribution in [0.2, 0.25) is 6.04 Å². The lowest BCUT2D eigenvalue weighted by Crippen LogP contribution is -2.35. The molecule has 1 fully saturated rings. The summed E-state index contributed by atoms with van der Waals surface area (Å²) in [6.07, 6.45) is 14.6. The first kappa shape index (κ1) is 14.8. The molecule has 2 aliphatic carbocycles. The zero-order valence-electron chi connectivity index (χ0n) is 13.4. The third-order valence-corrected chi connectivity index (χ3v) is 9.14. The first-order chi connectivity index (χ1) is 10.4. The molecule has 1 aromatic carbocycles. The number of allylic oxidation sites excluding steroid dienone is 4. The van der Waals surface area contributed by atoms with Gasteiger partial charge in [-0.25, -0.2) is 0 Å². The van der Waals surface area contributed by atoms with Gasteiger partial charge < -0.3 is 0 Å². The Kier molecular flexibility index (Phi) is 5.13. The van der Waals surface area contributed by atoms with Crippen molar-refractivity contribution < 1.29 is 0 Å². The molecule has 0 spiro atoms. The van der Waals surface area contributed by atoms with Gasteiger partial charge >= 0.3 is 0 Å². The standard InChI is InChI=1S/C20H28Si/c1-2-18-12-9-15-20(18)21(19-13-7-4-8-14-19)16-17-10-5-3-6-11-17/h4,7-9,12-14,17,21H,2-3,5-6,10-11,15-16H2,1H3. The summed E-state index contributed by atoms with van der Waals surface area (Å²) in [6, 6.07) is 13.0. The van der Waals surface area contributed by atoms with Gasteiger partial charge in [-0.05, 0) is 24.8 Å². The van der Waals surface area contributed by atoms with Crippen molar-refractivity contribution >= 4 is 14.0 Å². The van der Waals surface area contributed by atoms with Gasteiger partial charge in [0, 0.05) is 0 Å². The van der Waals surface area contributed by atoms with Gasteiger partial charge in [-0.1, -0.05) is 97.5 Å². The molecule has 1 saturated carbocycles. The second-order valence-electron chi connectivity index (χ2n) is 6.71. The molecule has 21 heavy (non-hydrogen) atoms. The lowest BCUT2D eigenvalue weighted by atomic mass is 9.91. The van der Waals surface area contributed by atoms with E-state index in [1.165, 1.54) is 51.0 Å². The topological polar surface area (TPSA) is 0 Å². The van der Waals surface area contributed by atoms with Crippen LogP contribution in [0.3, 0.4) is 0 Å². The van der Waals surface area contributed by atoms with Gasteiger partial charge in [0.05, 0.1) is 8.80 Å². The van der Waals surface area contributed by atoms with Gasteiger partial charge in [0.2, 0.25) is 0 Å². The lowest BCUT2D eigenvalue weighted by molar-refractivity contribution is 0.384. The molecule has 1 heteroatoms. The Hall–Kier alpha value is -1.08. The fourth-order valence-corrected chi connectivity index (χ4v) is 8.15. The predicted octanol–water partition coefficient (Wildman–Crippen LogP) is 4.91. The van der Waals surface area contributed by atoms with Gasteiger partial charge in [-0.2, -0.15) is 0 Å². The third-order valence-electron chi connectivity index (χ3n) is 5.37. The fourth-order valence-electron chi connectivity index (χ4n) is 4.20. The quantitative estimate of drug-likeness (QED) is 0.677. The molecule has 112 valence electrons. The molecular formula is C20H28Si. The lowest BCUT2D eigenvalue weighted by Gasteiger charge is -2.27. The molecule has 1 atom stereocenters. The highest BCUT2D eigenvalue weighted by Gasteiger charge is 2.26. The van der Waals surface area contributed by atoms with Crippen molar-refractivity contribution in [2.45, 2.75) is 57.9 Å².